The van der Waals surface area contributed by atoms with Gasteiger partial charge in [-0.2, -0.15) is 0 Å². The summed E-state index contributed by atoms with van der Waals surface area (Å²) < 4.78 is 11.1. The number of hydrogen-bond donors (Lipinski definition) is 0. The number of benzene rings is 1. The second kappa shape index (κ2) is 9.55. The molecule has 4 rings (SSSR count). The standard InChI is InChI=1S/C24H26N4O3/c1-17-26-15-19(18-10-12-25-13-11-18)24(27-17)20-7-5-6-14-28(20)23(29)16-31-22-9-4-3-8-21(22)30-2/h3-4,8-13,15,20H,5-7,14,16H2,1-2H3/t20-/m0/s1. The molecule has 1 saturated heterocycles. The van der Waals surface area contributed by atoms with Gasteiger partial charge in [0, 0.05) is 30.7 Å². The van der Waals surface area contributed by atoms with Crippen LogP contribution in [0.4, 0.5) is 0 Å². The number of aryl methyl sites for hydroxylation is 1. The van der Waals surface area contributed by atoms with Gasteiger partial charge in [0.05, 0.1) is 18.8 Å². The van der Waals surface area contributed by atoms with E-state index in [1.165, 1.54) is 0 Å². The molecule has 160 valence electrons. The van der Waals surface area contributed by atoms with Crippen molar-refractivity contribution in [1.82, 2.24) is 19.9 Å². The Kier molecular flexibility index (Phi) is 6.40. The Labute approximate surface area is 182 Å². The Morgan fingerprint density at radius 1 is 1.13 bits per heavy atom. The van der Waals surface area contributed by atoms with E-state index < -0.39 is 0 Å². The van der Waals surface area contributed by atoms with Crippen molar-refractivity contribution in [2.24, 2.45) is 0 Å². The lowest BCUT2D eigenvalue weighted by Crippen LogP contribution is -2.41. The predicted molar refractivity (Wildman–Crippen MR) is 117 cm³/mol. The minimum Gasteiger partial charge on any atom is -0.493 e. The zero-order valence-corrected chi connectivity index (χ0v) is 17.8. The number of piperidine rings is 1. The van der Waals surface area contributed by atoms with Gasteiger partial charge in [0.2, 0.25) is 0 Å². The summed E-state index contributed by atoms with van der Waals surface area (Å²) in [5.41, 5.74) is 2.81. The third-order valence-corrected chi connectivity index (χ3v) is 5.49. The maximum absolute atomic E-state index is 13.2. The molecule has 0 saturated carbocycles. The summed E-state index contributed by atoms with van der Waals surface area (Å²) in [4.78, 5) is 28.4. The summed E-state index contributed by atoms with van der Waals surface area (Å²) in [5, 5.41) is 0. The summed E-state index contributed by atoms with van der Waals surface area (Å²) in [5.74, 6) is 1.79. The number of amides is 1. The molecule has 1 aliphatic rings. The lowest BCUT2D eigenvalue weighted by atomic mass is 9.94. The number of nitrogens with zero attached hydrogens (tertiary/aromatic N) is 4. The lowest BCUT2D eigenvalue weighted by molar-refractivity contribution is -0.137. The second-order valence-corrected chi connectivity index (χ2v) is 7.49. The second-order valence-electron chi connectivity index (χ2n) is 7.49. The minimum atomic E-state index is -0.118. The van der Waals surface area contributed by atoms with Gasteiger partial charge in [0.25, 0.3) is 5.91 Å². The smallest absolute Gasteiger partial charge is 0.261 e. The van der Waals surface area contributed by atoms with Crippen LogP contribution in [0.15, 0.2) is 55.0 Å². The molecule has 7 nitrogen and oxygen atoms in total. The summed E-state index contributed by atoms with van der Waals surface area (Å²) in [6, 6.07) is 11.1. The molecule has 1 atom stereocenters. The fourth-order valence-electron chi connectivity index (χ4n) is 3.97. The van der Waals surface area contributed by atoms with Gasteiger partial charge in [-0.25, -0.2) is 9.97 Å². The topological polar surface area (TPSA) is 77.4 Å². The highest BCUT2D eigenvalue weighted by Crippen LogP contribution is 2.36. The van der Waals surface area contributed by atoms with Crippen LogP contribution in [0, 0.1) is 6.92 Å². The molecule has 3 heterocycles. The molecule has 3 aromatic rings. The molecule has 2 aromatic heterocycles. The van der Waals surface area contributed by atoms with Crippen LogP contribution in [-0.4, -0.2) is 46.0 Å². The van der Waals surface area contributed by atoms with Crippen molar-refractivity contribution in [2.75, 3.05) is 20.3 Å². The Balaban J connectivity index is 1.59. The van der Waals surface area contributed by atoms with E-state index in [0.29, 0.717) is 23.9 Å². The van der Waals surface area contributed by atoms with Crippen molar-refractivity contribution in [1.29, 1.82) is 0 Å². The zero-order chi connectivity index (χ0) is 21.6. The van der Waals surface area contributed by atoms with Gasteiger partial charge in [-0.1, -0.05) is 12.1 Å². The Morgan fingerprint density at radius 3 is 2.68 bits per heavy atom. The molecule has 7 heteroatoms. The number of para-hydroxylation sites is 2. The molecule has 0 spiro atoms. The average molecular weight is 418 g/mol. The molecule has 0 aliphatic carbocycles. The average Bonchev–Trinajstić information content (AvgIpc) is 2.83. The normalized spacial score (nSPS) is 16.1. The SMILES string of the molecule is COc1ccccc1OCC(=O)N1CCCC[C@H]1c1nc(C)ncc1-c1ccncc1. The van der Waals surface area contributed by atoms with Crippen LogP contribution in [0.5, 0.6) is 11.5 Å². The van der Waals surface area contributed by atoms with Gasteiger partial charge in [0.15, 0.2) is 18.1 Å². The maximum Gasteiger partial charge on any atom is 0.261 e. The fourth-order valence-corrected chi connectivity index (χ4v) is 3.97. The van der Waals surface area contributed by atoms with Gasteiger partial charge >= 0.3 is 0 Å². The van der Waals surface area contributed by atoms with E-state index in [2.05, 4.69) is 9.97 Å². The van der Waals surface area contributed by atoms with Crippen LogP contribution in [0.3, 0.4) is 0 Å². The van der Waals surface area contributed by atoms with Crippen molar-refractivity contribution < 1.29 is 14.3 Å². The first-order chi connectivity index (χ1) is 15.2. The number of aromatic nitrogens is 3. The van der Waals surface area contributed by atoms with Crippen LogP contribution < -0.4 is 9.47 Å². The molecule has 1 fully saturated rings. The zero-order valence-electron chi connectivity index (χ0n) is 17.8. The Hall–Kier alpha value is -3.48. The van der Waals surface area contributed by atoms with Crippen LogP contribution in [0.25, 0.3) is 11.1 Å². The number of ether oxygens (including phenoxy) is 2. The fraction of sp³-hybridized carbons (Fsp3) is 0.333. The van der Waals surface area contributed by atoms with Crippen LogP contribution >= 0.6 is 0 Å². The van der Waals surface area contributed by atoms with E-state index in [1.54, 1.807) is 25.6 Å². The summed E-state index contributed by atoms with van der Waals surface area (Å²) in [6.45, 7) is 2.50. The summed E-state index contributed by atoms with van der Waals surface area (Å²) >= 11 is 0. The summed E-state index contributed by atoms with van der Waals surface area (Å²) in [7, 11) is 1.59. The first-order valence-corrected chi connectivity index (χ1v) is 10.5. The molecule has 1 aromatic carbocycles. The number of methoxy groups -OCH3 is 1. The molecule has 1 amide bonds. The van der Waals surface area contributed by atoms with Crippen molar-refractivity contribution in [2.45, 2.75) is 32.2 Å². The van der Waals surface area contributed by atoms with Gasteiger partial charge < -0.3 is 14.4 Å². The highest BCUT2D eigenvalue weighted by Gasteiger charge is 2.31. The van der Waals surface area contributed by atoms with E-state index in [9.17, 15) is 4.79 Å². The third-order valence-electron chi connectivity index (χ3n) is 5.49. The molecule has 1 aliphatic heterocycles. The number of rotatable bonds is 6. The quantitative estimate of drug-likeness (QED) is 0.602. The molecule has 0 N–H and O–H groups in total. The van der Waals surface area contributed by atoms with E-state index in [1.807, 2.05) is 48.4 Å². The van der Waals surface area contributed by atoms with E-state index in [4.69, 9.17) is 14.5 Å². The minimum absolute atomic E-state index is 0.0501. The number of carbonyl (C=O) groups is 1. The van der Waals surface area contributed by atoms with E-state index in [0.717, 1.165) is 36.1 Å². The van der Waals surface area contributed by atoms with Crippen molar-refractivity contribution in [3.8, 4) is 22.6 Å². The largest absolute Gasteiger partial charge is 0.493 e. The van der Waals surface area contributed by atoms with Crippen LogP contribution in [0.2, 0.25) is 0 Å². The molecule has 0 radical (unpaired) electrons. The summed E-state index contributed by atoms with van der Waals surface area (Å²) in [6.07, 6.45) is 8.21. The van der Waals surface area contributed by atoms with Crippen molar-refractivity contribution in [3.05, 3.63) is 66.5 Å². The van der Waals surface area contributed by atoms with E-state index in [-0.39, 0.29) is 18.6 Å². The van der Waals surface area contributed by atoms with Gasteiger partial charge in [-0.05, 0) is 56.0 Å². The van der Waals surface area contributed by atoms with Gasteiger partial charge in [0.1, 0.15) is 5.82 Å². The number of carbonyl (C=O) groups excluding carboxylic acids is 1. The molecule has 0 bridgehead atoms. The Bertz CT molecular complexity index is 1040. The number of likely N-dealkylation sites (tertiary alicyclic amines) is 1. The first-order valence-electron chi connectivity index (χ1n) is 10.5. The van der Waals surface area contributed by atoms with Crippen molar-refractivity contribution in [3.63, 3.8) is 0 Å². The lowest BCUT2D eigenvalue weighted by Gasteiger charge is -2.36. The molecule has 31 heavy (non-hydrogen) atoms. The number of hydrogen-bond acceptors (Lipinski definition) is 6. The van der Waals surface area contributed by atoms with Crippen LogP contribution in [-0.2, 0) is 4.79 Å². The molecule has 0 unspecified atom stereocenters. The third kappa shape index (κ3) is 4.66. The first kappa shape index (κ1) is 20.8. The molecular formula is C24H26N4O3. The predicted octanol–water partition coefficient (Wildman–Crippen LogP) is 3.99. The van der Waals surface area contributed by atoms with Gasteiger partial charge in [-0.15, -0.1) is 0 Å². The Morgan fingerprint density at radius 2 is 1.90 bits per heavy atom. The molecular weight excluding hydrogens is 392 g/mol. The highest BCUT2D eigenvalue weighted by molar-refractivity contribution is 5.79. The monoisotopic (exact) mass is 418 g/mol. The van der Waals surface area contributed by atoms with Crippen LogP contribution in [0.1, 0.15) is 36.8 Å². The van der Waals surface area contributed by atoms with E-state index >= 15 is 0 Å². The number of pyridine rings is 1. The van der Waals surface area contributed by atoms with Gasteiger partial charge in [-0.3, -0.25) is 9.78 Å². The maximum atomic E-state index is 13.2. The van der Waals surface area contributed by atoms with Crippen molar-refractivity contribution >= 4 is 5.91 Å². The highest BCUT2D eigenvalue weighted by atomic mass is 16.5.